The van der Waals surface area contributed by atoms with Gasteiger partial charge in [-0.3, -0.25) is 4.90 Å². The van der Waals surface area contributed by atoms with E-state index in [1.807, 2.05) is 35.0 Å². The Balaban J connectivity index is 1.65. The molecule has 1 aliphatic carbocycles. The van der Waals surface area contributed by atoms with Crippen LogP contribution in [0.5, 0.6) is 11.6 Å². The highest BCUT2D eigenvalue weighted by atomic mass is 19.1. The van der Waals surface area contributed by atoms with Crippen molar-refractivity contribution in [2.45, 2.75) is 38.8 Å². The molecule has 1 aromatic heterocycles. The molecule has 1 heterocycles. The van der Waals surface area contributed by atoms with Gasteiger partial charge >= 0.3 is 0 Å². The molecule has 186 valence electrons. The lowest BCUT2D eigenvalue weighted by molar-refractivity contribution is 0.0235. The zero-order chi connectivity index (χ0) is 24.6. The molecule has 0 unspecified atom stereocenters. The third-order valence-electron chi connectivity index (χ3n) is 5.99. The molecule has 0 aliphatic heterocycles. The van der Waals surface area contributed by atoms with Gasteiger partial charge in [0.15, 0.2) is 0 Å². The van der Waals surface area contributed by atoms with Gasteiger partial charge in [-0.2, -0.15) is 5.10 Å². The summed E-state index contributed by atoms with van der Waals surface area (Å²) < 4.78 is 27.2. The van der Waals surface area contributed by atoms with Gasteiger partial charge in [-0.1, -0.05) is 31.2 Å². The van der Waals surface area contributed by atoms with Crippen molar-refractivity contribution in [1.82, 2.24) is 14.7 Å². The summed E-state index contributed by atoms with van der Waals surface area (Å²) in [5.41, 5.74) is 2.79. The monoisotopic (exact) mass is 479 g/mol. The predicted octanol–water partition coefficient (Wildman–Crippen LogP) is 5.14. The summed E-state index contributed by atoms with van der Waals surface area (Å²) in [5.74, 6) is 1.48. The molecule has 0 saturated heterocycles. The number of aliphatic hydroxyl groups excluding tert-OH is 1. The van der Waals surface area contributed by atoms with Gasteiger partial charge in [-0.25, -0.2) is 9.07 Å². The lowest BCUT2D eigenvalue weighted by Gasteiger charge is -2.25. The first-order valence-corrected chi connectivity index (χ1v) is 12.3. The van der Waals surface area contributed by atoms with Crippen molar-refractivity contribution in [3.63, 3.8) is 0 Å². The van der Waals surface area contributed by atoms with E-state index < -0.39 is 6.10 Å². The minimum atomic E-state index is -0.607. The van der Waals surface area contributed by atoms with Crippen molar-refractivity contribution in [1.29, 1.82) is 0 Å². The summed E-state index contributed by atoms with van der Waals surface area (Å²) in [6.45, 7) is 8.38. The fraction of sp³-hybridized carbons (Fsp3) is 0.393. The average Bonchev–Trinajstić information content (AvgIpc) is 3.62. The quantitative estimate of drug-likeness (QED) is 0.256. The third kappa shape index (κ3) is 7.01. The predicted molar refractivity (Wildman–Crippen MR) is 134 cm³/mol. The SMILES string of the molecule is C=CCOC[C@@H](O)CN(Cc1c(CC)nn(-c2ccccc2)c1Oc1ccc(F)cc1)CC1CC1. The van der Waals surface area contributed by atoms with Crippen LogP contribution in [0.25, 0.3) is 5.69 Å². The van der Waals surface area contributed by atoms with Crippen molar-refractivity contribution < 1.29 is 19.0 Å². The lowest BCUT2D eigenvalue weighted by atomic mass is 10.1. The summed E-state index contributed by atoms with van der Waals surface area (Å²) >= 11 is 0. The normalized spacial score (nSPS) is 14.3. The number of nitrogens with zero attached hydrogens (tertiary/aromatic N) is 3. The van der Waals surface area contributed by atoms with Gasteiger partial charge in [0, 0.05) is 19.6 Å². The number of ether oxygens (including phenoxy) is 2. The van der Waals surface area contributed by atoms with E-state index in [-0.39, 0.29) is 12.4 Å². The van der Waals surface area contributed by atoms with Crippen LogP contribution in [0.2, 0.25) is 0 Å². The van der Waals surface area contributed by atoms with E-state index in [9.17, 15) is 9.50 Å². The smallest absolute Gasteiger partial charge is 0.227 e. The Bertz CT molecular complexity index is 1080. The first-order valence-electron chi connectivity index (χ1n) is 12.3. The second kappa shape index (κ2) is 12.1. The van der Waals surface area contributed by atoms with Gasteiger partial charge in [-0.15, -0.1) is 6.58 Å². The Morgan fingerprint density at radius 3 is 2.60 bits per heavy atom. The van der Waals surface area contributed by atoms with Crippen LogP contribution in [0.3, 0.4) is 0 Å². The highest BCUT2D eigenvalue weighted by molar-refractivity contribution is 5.43. The standard InChI is InChI=1S/C28H34FN3O3/c1-3-16-34-20-24(33)18-31(17-21-10-11-21)19-26-27(4-2)30-32(23-8-6-5-7-9-23)28(26)35-25-14-12-22(29)13-15-25/h3,5-9,12-15,21,24,33H,1,4,10-11,16-20H2,2H3/t24-/m0/s1. The van der Waals surface area contributed by atoms with Crippen molar-refractivity contribution in [3.8, 4) is 17.3 Å². The number of benzene rings is 2. The summed E-state index contributed by atoms with van der Waals surface area (Å²) in [7, 11) is 0. The zero-order valence-corrected chi connectivity index (χ0v) is 20.3. The molecule has 1 fully saturated rings. The Hall–Kier alpha value is -3.00. The van der Waals surface area contributed by atoms with E-state index in [2.05, 4.69) is 18.4 Å². The first-order chi connectivity index (χ1) is 17.1. The maximum absolute atomic E-state index is 13.5. The Kier molecular flexibility index (Phi) is 8.69. The van der Waals surface area contributed by atoms with Gasteiger partial charge in [0.25, 0.3) is 0 Å². The molecule has 0 radical (unpaired) electrons. The topological polar surface area (TPSA) is 59.8 Å². The highest BCUT2D eigenvalue weighted by Crippen LogP contribution is 2.34. The number of hydrogen-bond donors (Lipinski definition) is 1. The largest absolute Gasteiger partial charge is 0.439 e. The van der Waals surface area contributed by atoms with Crippen LogP contribution < -0.4 is 4.74 Å². The number of aliphatic hydroxyl groups is 1. The number of hydrogen-bond acceptors (Lipinski definition) is 5. The fourth-order valence-corrected chi connectivity index (χ4v) is 4.11. The molecule has 1 aliphatic rings. The molecule has 0 bridgehead atoms. The molecular formula is C28H34FN3O3. The average molecular weight is 480 g/mol. The van der Waals surface area contributed by atoms with Gasteiger partial charge < -0.3 is 14.6 Å². The highest BCUT2D eigenvalue weighted by Gasteiger charge is 2.28. The summed E-state index contributed by atoms with van der Waals surface area (Å²) in [5, 5.41) is 15.5. The molecule has 7 heteroatoms. The van der Waals surface area contributed by atoms with Crippen molar-refractivity contribution >= 4 is 0 Å². The molecule has 3 aromatic rings. The number of aryl methyl sites for hydroxylation is 1. The van der Waals surface area contributed by atoms with E-state index in [1.165, 1.54) is 25.0 Å². The number of aromatic nitrogens is 2. The van der Waals surface area contributed by atoms with Crippen LogP contribution in [0.15, 0.2) is 67.3 Å². The molecule has 1 saturated carbocycles. The molecule has 1 atom stereocenters. The second-order valence-electron chi connectivity index (χ2n) is 9.00. The number of halogens is 1. The third-order valence-corrected chi connectivity index (χ3v) is 5.99. The van der Waals surface area contributed by atoms with Crippen LogP contribution in [-0.2, 0) is 17.7 Å². The number of para-hydroxylation sites is 1. The fourth-order valence-electron chi connectivity index (χ4n) is 4.11. The molecular weight excluding hydrogens is 445 g/mol. The summed E-state index contributed by atoms with van der Waals surface area (Å²) in [4.78, 5) is 2.27. The van der Waals surface area contributed by atoms with Crippen molar-refractivity contribution in [3.05, 3.63) is 84.3 Å². The molecule has 35 heavy (non-hydrogen) atoms. The summed E-state index contributed by atoms with van der Waals surface area (Å²) in [6, 6.07) is 15.9. The van der Waals surface area contributed by atoms with E-state index in [0.717, 1.165) is 29.9 Å². The van der Waals surface area contributed by atoms with E-state index >= 15 is 0 Å². The first kappa shape index (κ1) is 25.1. The minimum absolute atomic E-state index is 0.260. The van der Waals surface area contributed by atoms with Crippen molar-refractivity contribution in [2.75, 3.05) is 26.3 Å². The molecule has 4 rings (SSSR count). The summed E-state index contributed by atoms with van der Waals surface area (Å²) in [6.07, 6.45) is 4.23. The van der Waals surface area contributed by atoms with Crippen molar-refractivity contribution in [2.24, 2.45) is 5.92 Å². The van der Waals surface area contributed by atoms with E-state index in [4.69, 9.17) is 14.6 Å². The Morgan fingerprint density at radius 2 is 1.94 bits per heavy atom. The maximum Gasteiger partial charge on any atom is 0.227 e. The second-order valence-corrected chi connectivity index (χ2v) is 9.00. The molecule has 1 N–H and O–H groups in total. The molecule has 0 spiro atoms. The van der Waals surface area contributed by atoms with Crippen LogP contribution in [0.4, 0.5) is 4.39 Å². The van der Waals surface area contributed by atoms with Gasteiger partial charge in [0.2, 0.25) is 5.88 Å². The maximum atomic E-state index is 13.5. The minimum Gasteiger partial charge on any atom is -0.439 e. The van der Waals surface area contributed by atoms with Crippen LogP contribution in [-0.4, -0.2) is 52.2 Å². The van der Waals surface area contributed by atoms with Gasteiger partial charge in [0.05, 0.1) is 36.3 Å². The zero-order valence-electron chi connectivity index (χ0n) is 20.3. The Morgan fingerprint density at radius 1 is 1.20 bits per heavy atom. The molecule has 6 nitrogen and oxygen atoms in total. The van der Waals surface area contributed by atoms with Gasteiger partial charge in [-0.05, 0) is 61.6 Å². The number of rotatable bonds is 14. The van der Waals surface area contributed by atoms with E-state index in [0.29, 0.717) is 37.2 Å². The van der Waals surface area contributed by atoms with Crippen LogP contribution >= 0.6 is 0 Å². The van der Waals surface area contributed by atoms with Crippen LogP contribution in [0.1, 0.15) is 31.0 Å². The molecule has 2 aromatic carbocycles. The van der Waals surface area contributed by atoms with Crippen LogP contribution in [0, 0.1) is 11.7 Å². The van der Waals surface area contributed by atoms with E-state index in [1.54, 1.807) is 18.2 Å². The van der Waals surface area contributed by atoms with Gasteiger partial charge in [0.1, 0.15) is 11.6 Å². The molecule has 0 amide bonds. The Labute approximate surface area is 206 Å². The lowest BCUT2D eigenvalue weighted by Crippen LogP contribution is -2.36.